The van der Waals surface area contributed by atoms with Gasteiger partial charge in [0.1, 0.15) is 0 Å². The molecule has 0 aliphatic carbocycles. The van der Waals surface area contributed by atoms with E-state index in [1.807, 2.05) is 0 Å². The zero-order chi connectivity index (χ0) is 13.8. The second kappa shape index (κ2) is 6.87. The van der Waals surface area contributed by atoms with Crippen LogP contribution in [0.25, 0.3) is 0 Å². The van der Waals surface area contributed by atoms with Gasteiger partial charge >= 0.3 is 0 Å². The average molecular weight is 280 g/mol. The Morgan fingerprint density at radius 3 is 2.63 bits per heavy atom. The van der Waals surface area contributed by atoms with Gasteiger partial charge in [-0.2, -0.15) is 11.3 Å². The molecule has 3 heteroatoms. The Bertz CT molecular complexity index is 359. The number of likely N-dealkylation sites (tertiary alicyclic amines) is 1. The molecule has 2 nitrogen and oxygen atoms in total. The topological polar surface area (TPSA) is 29.3 Å². The number of nitrogens with zero attached hydrogens (tertiary/aromatic N) is 1. The summed E-state index contributed by atoms with van der Waals surface area (Å²) in [6.07, 6.45) is 4.02. The summed E-state index contributed by atoms with van der Waals surface area (Å²) in [5.74, 6) is 1.70. The Hall–Kier alpha value is -0.380. The Morgan fingerprint density at radius 2 is 2.05 bits per heavy atom. The van der Waals surface area contributed by atoms with Crippen LogP contribution in [0.5, 0.6) is 0 Å². The van der Waals surface area contributed by atoms with Crippen LogP contribution in [0.4, 0.5) is 0 Å². The van der Waals surface area contributed by atoms with E-state index in [0.717, 1.165) is 11.8 Å². The van der Waals surface area contributed by atoms with Crippen molar-refractivity contribution in [1.29, 1.82) is 0 Å². The maximum absolute atomic E-state index is 6.27. The van der Waals surface area contributed by atoms with Gasteiger partial charge in [-0.15, -0.1) is 0 Å². The molecule has 0 aromatic carbocycles. The SMILES string of the molecule is CC(C)C1CCCN(C(c2ccsc2)C(C)N)CC1. The number of thiophene rings is 1. The molecule has 1 saturated heterocycles. The van der Waals surface area contributed by atoms with Crippen LogP contribution in [0, 0.1) is 11.8 Å². The molecular formula is C16H28N2S. The van der Waals surface area contributed by atoms with Crippen molar-refractivity contribution < 1.29 is 0 Å². The van der Waals surface area contributed by atoms with Gasteiger partial charge in [0.15, 0.2) is 0 Å². The van der Waals surface area contributed by atoms with Gasteiger partial charge in [0.2, 0.25) is 0 Å². The van der Waals surface area contributed by atoms with Gasteiger partial charge in [0.05, 0.1) is 6.04 Å². The standard InChI is InChI=1S/C16H28N2S/c1-12(2)14-5-4-8-18(9-6-14)16(13(3)17)15-7-10-19-11-15/h7,10-14,16H,4-6,8-9,17H2,1-3H3. The summed E-state index contributed by atoms with van der Waals surface area (Å²) in [7, 11) is 0. The minimum atomic E-state index is 0.199. The Kier molecular flexibility index (Phi) is 5.43. The minimum absolute atomic E-state index is 0.199. The summed E-state index contributed by atoms with van der Waals surface area (Å²) < 4.78 is 0. The summed E-state index contributed by atoms with van der Waals surface area (Å²) >= 11 is 1.78. The van der Waals surface area contributed by atoms with Crippen molar-refractivity contribution >= 4 is 11.3 Å². The maximum Gasteiger partial charge on any atom is 0.0504 e. The van der Waals surface area contributed by atoms with E-state index in [2.05, 4.69) is 42.5 Å². The summed E-state index contributed by atoms with van der Waals surface area (Å²) in [6.45, 7) is 9.27. The van der Waals surface area contributed by atoms with Crippen LogP contribution in [0.3, 0.4) is 0 Å². The molecule has 1 aliphatic rings. The Labute approximate surface area is 122 Å². The number of rotatable bonds is 4. The fraction of sp³-hybridized carbons (Fsp3) is 0.750. The minimum Gasteiger partial charge on any atom is -0.326 e. The first-order valence-electron chi connectivity index (χ1n) is 7.61. The molecule has 1 aliphatic heterocycles. The van der Waals surface area contributed by atoms with E-state index in [-0.39, 0.29) is 6.04 Å². The molecule has 108 valence electrons. The molecule has 19 heavy (non-hydrogen) atoms. The lowest BCUT2D eigenvalue weighted by molar-refractivity contribution is 0.179. The first kappa shape index (κ1) is 15.0. The quantitative estimate of drug-likeness (QED) is 0.906. The fourth-order valence-electron chi connectivity index (χ4n) is 3.38. The highest BCUT2D eigenvalue weighted by atomic mass is 32.1. The van der Waals surface area contributed by atoms with Crippen molar-refractivity contribution in [3.63, 3.8) is 0 Å². The van der Waals surface area contributed by atoms with Crippen molar-refractivity contribution in [3.05, 3.63) is 22.4 Å². The van der Waals surface area contributed by atoms with E-state index >= 15 is 0 Å². The Balaban J connectivity index is 2.06. The van der Waals surface area contributed by atoms with Crippen LogP contribution in [-0.4, -0.2) is 24.0 Å². The molecular weight excluding hydrogens is 252 g/mol. The van der Waals surface area contributed by atoms with Crippen LogP contribution >= 0.6 is 11.3 Å². The molecule has 1 fully saturated rings. The van der Waals surface area contributed by atoms with E-state index in [9.17, 15) is 0 Å². The highest BCUT2D eigenvalue weighted by molar-refractivity contribution is 7.07. The summed E-state index contributed by atoms with van der Waals surface area (Å²) in [4.78, 5) is 2.62. The summed E-state index contributed by atoms with van der Waals surface area (Å²) in [5, 5.41) is 4.43. The molecule has 3 unspecified atom stereocenters. The van der Waals surface area contributed by atoms with Crippen LogP contribution in [-0.2, 0) is 0 Å². The second-order valence-electron chi connectivity index (χ2n) is 6.33. The van der Waals surface area contributed by atoms with Crippen LogP contribution in [0.2, 0.25) is 0 Å². The molecule has 3 atom stereocenters. The molecule has 2 rings (SSSR count). The van der Waals surface area contributed by atoms with E-state index in [0.29, 0.717) is 6.04 Å². The van der Waals surface area contributed by atoms with E-state index in [1.165, 1.54) is 37.9 Å². The molecule has 2 N–H and O–H groups in total. The van der Waals surface area contributed by atoms with Crippen molar-refractivity contribution in [3.8, 4) is 0 Å². The maximum atomic E-state index is 6.27. The smallest absolute Gasteiger partial charge is 0.0504 e. The zero-order valence-electron chi connectivity index (χ0n) is 12.5. The molecule has 0 amide bonds. The van der Waals surface area contributed by atoms with E-state index < -0.39 is 0 Å². The highest BCUT2D eigenvalue weighted by Gasteiger charge is 2.27. The predicted molar refractivity (Wildman–Crippen MR) is 84.5 cm³/mol. The third kappa shape index (κ3) is 3.80. The van der Waals surface area contributed by atoms with E-state index in [1.54, 1.807) is 11.3 Å². The van der Waals surface area contributed by atoms with Crippen molar-refractivity contribution in [2.75, 3.05) is 13.1 Å². The van der Waals surface area contributed by atoms with Crippen molar-refractivity contribution in [2.45, 2.75) is 52.1 Å². The third-order valence-corrected chi connectivity index (χ3v) is 5.23. The first-order valence-corrected chi connectivity index (χ1v) is 8.55. The predicted octanol–water partition coefficient (Wildman–Crippen LogP) is 3.89. The van der Waals surface area contributed by atoms with Gasteiger partial charge < -0.3 is 5.73 Å². The number of hydrogen-bond donors (Lipinski definition) is 1. The Morgan fingerprint density at radius 1 is 1.26 bits per heavy atom. The van der Waals surface area contributed by atoms with Gasteiger partial charge in [0, 0.05) is 6.04 Å². The number of hydrogen-bond acceptors (Lipinski definition) is 3. The van der Waals surface area contributed by atoms with Crippen LogP contribution in [0.15, 0.2) is 16.8 Å². The van der Waals surface area contributed by atoms with Gasteiger partial charge in [-0.25, -0.2) is 0 Å². The molecule has 0 radical (unpaired) electrons. The van der Waals surface area contributed by atoms with Gasteiger partial charge in [-0.3, -0.25) is 4.90 Å². The largest absolute Gasteiger partial charge is 0.326 e. The number of nitrogens with two attached hydrogens (primary N) is 1. The molecule has 1 aromatic rings. The van der Waals surface area contributed by atoms with Crippen LogP contribution in [0.1, 0.15) is 51.6 Å². The van der Waals surface area contributed by atoms with Crippen molar-refractivity contribution in [2.24, 2.45) is 17.6 Å². The second-order valence-corrected chi connectivity index (χ2v) is 7.11. The first-order chi connectivity index (χ1) is 9.09. The van der Waals surface area contributed by atoms with Gasteiger partial charge in [-0.05, 0) is 73.5 Å². The van der Waals surface area contributed by atoms with Gasteiger partial charge in [0.25, 0.3) is 0 Å². The monoisotopic (exact) mass is 280 g/mol. The average Bonchev–Trinajstić information content (AvgIpc) is 2.74. The third-order valence-electron chi connectivity index (χ3n) is 4.53. The lowest BCUT2D eigenvalue weighted by atomic mass is 9.89. The molecule has 2 heterocycles. The van der Waals surface area contributed by atoms with Crippen LogP contribution < -0.4 is 5.73 Å². The fourth-order valence-corrected chi connectivity index (χ4v) is 4.07. The molecule has 0 spiro atoms. The lowest BCUT2D eigenvalue weighted by Gasteiger charge is -2.33. The summed E-state index contributed by atoms with van der Waals surface area (Å²) in [6, 6.07) is 2.84. The zero-order valence-corrected chi connectivity index (χ0v) is 13.3. The lowest BCUT2D eigenvalue weighted by Crippen LogP contribution is -2.40. The molecule has 1 aromatic heterocycles. The highest BCUT2D eigenvalue weighted by Crippen LogP contribution is 2.31. The van der Waals surface area contributed by atoms with E-state index in [4.69, 9.17) is 5.73 Å². The molecule has 0 bridgehead atoms. The normalized spacial score (nSPS) is 25.2. The molecule has 0 saturated carbocycles. The summed E-state index contributed by atoms with van der Waals surface area (Å²) in [5.41, 5.74) is 7.67. The van der Waals surface area contributed by atoms with Gasteiger partial charge in [-0.1, -0.05) is 13.8 Å². The van der Waals surface area contributed by atoms with Crippen molar-refractivity contribution in [1.82, 2.24) is 4.90 Å².